The molecule has 0 saturated carbocycles. The summed E-state index contributed by atoms with van der Waals surface area (Å²) in [7, 11) is 0. The van der Waals surface area contributed by atoms with Gasteiger partial charge >= 0.3 is 0 Å². The van der Waals surface area contributed by atoms with Crippen molar-refractivity contribution in [2.75, 3.05) is 0 Å². The Morgan fingerprint density at radius 2 is 1.96 bits per heavy atom. The Morgan fingerprint density at radius 3 is 2.70 bits per heavy atom. The second kappa shape index (κ2) is 6.34. The van der Waals surface area contributed by atoms with Crippen LogP contribution in [0.15, 0.2) is 52.4 Å². The lowest BCUT2D eigenvalue weighted by Crippen LogP contribution is -2.19. The first-order chi connectivity index (χ1) is 11.0. The first kappa shape index (κ1) is 15.4. The van der Waals surface area contributed by atoms with Crippen LogP contribution in [0, 0.1) is 18.6 Å². The van der Waals surface area contributed by atoms with E-state index in [1.807, 2.05) is 31.2 Å². The third-order valence-electron chi connectivity index (χ3n) is 3.24. The molecule has 1 heterocycles. The second-order valence-electron chi connectivity index (χ2n) is 4.93. The van der Waals surface area contributed by atoms with Crippen molar-refractivity contribution in [3.63, 3.8) is 0 Å². The number of aliphatic imine (C=N–C) groups is 1. The van der Waals surface area contributed by atoms with Gasteiger partial charge in [0.1, 0.15) is 11.6 Å². The zero-order valence-electron chi connectivity index (χ0n) is 12.1. The highest BCUT2D eigenvalue weighted by molar-refractivity contribution is 8.18. The molecule has 6 heteroatoms. The first-order valence-electron chi connectivity index (χ1n) is 6.83. The Labute approximate surface area is 136 Å². The minimum absolute atomic E-state index is 0.154. The molecular weight excluding hydrogens is 318 g/mol. The van der Waals surface area contributed by atoms with Crippen LogP contribution in [0.25, 0.3) is 6.08 Å². The van der Waals surface area contributed by atoms with Gasteiger partial charge in [0.25, 0.3) is 5.91 Å². The van der Waals surface area contributed by atoms with Crippen molar-refractivity contribution in [3.8, 4) is 0 Å². The van der Waals surface area contributed by atoms with Gasteiger partial charge in [0.2, 0.25) is 0 Å². The van der Waals surface area contributed by atoms with Crippen LogP contribution < -0.4 is 5.32 Å². The largest absolute Gasteiger partial charge is 0.300 e. The highest BCUT2D eigenvalue weighted by atomic mass is 32.2. The normalized spacial score (nSPS) is 17.8. The number of carbonyl (C=O) groups excluding carboxylic acids is 1. The molecule has 0 aromatic heterocycles. The molecule has 116 valence electrons. The average Bonchev–Trinajstić information content (AvgIpc) is 2.84. The number of benzene rings is 2. The fourth-order valence-electron chi connectivity index (χ4n) is 2.04. The summed E-state index contributed by atoms with van der Waals surface area (Å²) in [5.74, 6) is -1.73. The molecule has 0 aliphatic carbocycles. The fourth-order valence-corrected chi connectivity index (χ4v) is 2.86. The smallest absolute Gasteiger partial charge is 0.264 e. The SMILES string of the molecule is Cc1ccccc1N=C1NC(=O)C(=Cc2ccc(F)cc2F)S1. The van der Waals surface area contributed by atoms with Crippen molar-refractivity contribution in [3.05, 3.63) is 70.1 Å². The van der Waals surface area contributed by atoms with E-state index < -0.39 is 11.6 Å². The molecule has 1 aliphatic heterocycles. The van der Waals surface area contributed by atoms with E-state index in [1.54, 1.807) is 0 Å². The zero-order valence-corrected chi connectivity index (χ0v) is 13.0. The first-order valence-corrected chi connectivity index (χ1v) is 7.65. The van der Waals surface area contributed by atoms with Gasteiger partial charge in [-0.2, -0.15) is 0 Å². The molecule has 0 bridgehead atoms. The van der Waals surface area contributed by atoms with E-state index in [1.165, 1.54) is 12.1 Å². The molecule has 0 unspecified atom stereocenters. The van der Waals surface area contributed by atoms with Crippen molar-refractivity contribution in [2.45, 2.75) is 6.92 Å². The van der Waals surface area contributed by atoms with Crippen molar-refractivity contribution < 1.29 is 13.6 Å². The summed E-state index contributed by atoms with van der Waals surface area (Å²) in [6.45, 7) is 1.92. The van der Waals surface area contributed by atoms with Crippen molar-refractivity contribution in [1.82, 2.24) is 5.32 Å². The molecule has 0 spiro atoms. The number of amides is 1. The highest BCUT2D eigenvalue weighted by Crippen LogP contribution is 2.29. The maximum atomic E-state index is 13.7. The van der Waals surface area contributed by atoms with Gasteiger partial charge in [-0.1, -0.05) is 18.2 Å². The lowest BCUT2D eigenvalue weighted by molar-refractivity contribution is -0.115. The molecule has 0 atom stereocenters. The molecule has 3 rings (SSSR count). The van der Waals surface area contributed by atoms with E-state index in [4.69, 9.17) is 0 Å². The van der Waals surface area contributed by atoms with Gasteiger partial charge in [-0.15, -0.1) is 0 Å². The number of thioether (sulfide) groups is 1. The van der Waals surface area contributed by atoms with E-state index >= 15 is 0 Å². The van der Waals surface area contributed by atoms with E-state index in [2.05, 4.69) is 10.3 Å². The number of hydrogen-bond acceptors (Lipinski definition) is 3. The number of aryl methyl sites for hydroxylation is 1. The van der Waals surface area contributed by atoms with Crippen LogP contribution in [0.1, 0.15) is 11.1 Å². The Balaban J connectivity index is 1.88. The van der Waals surface area contributed by atoms with Crippen LogP contribution in [-0.2, 0) is 4.79 Å². The van der Waals surface area contributed by atoms with Gasteiger partial charge in [-0.3, -0.25) is 4.79 Å². The number of nitrogens with one attached hydrogen (secondary N) is 1. The lowest BCUT2D eigenvalue weighted by Gasteiger charge is -1.99. The van der Waals surface area contributed by atoms with Crippen molar-refractivity contribution in [2.24, 2.45) is 4.99 Å². The number of nitrogens with zero attached hydrogens (tertiary/aromatic N) is 1. The minimum Gasteiger partial charge on any atom is -0.300 e. The van der Waals surface area contributed by atoms with Crippen molar-refractivity contribution >= 4 is 34.6 Å². The molecule has 1 aliphatic rings. The van der Waals surface area contributed by atoms with Gasteiger partial charge in [-0.25, -0.2) is 13.8 Å². The molecule has 1 amide bonds. The summed E-state index contributed by atoms with van der Waals surface area (Å²) in [5.41, 5.74) is 1.89. The summed E-state index contributed by atoms with van der Waals surface area (Å²) in [4.78, 5) is 16.7. The number of amidine groups is 1. The molecule has 3 nitrogen and oxygen atoms in total. The van der Waals surface area contributed by atoms with E-state index in [0.717, 1.165) is 35.1 Å². The molecule has 0 radical (unpaired) electrons. The quantitative estimate of drug-likeness (QED) is 0.840. The summed E-state index contributed by atoms with van der Waals surface area (Å²) in [5, 5.41) is 3.07. The molecule has 1 saturated heterocycles. The summed E-state index contributed by atoms with van der Waals surface area (Å²) >= 11 is 1.12. The monoisotopic (exact) mass is 330 g/mol. The van der Waals surface area contributed by atoms with E-state index in [9.17, 15) is 13.6 Å². The van der Waals surface area contributed by atoms with Gasteiger partial charge in [-0.05, 0) is 48.5 Å². The van der Waals surface area contributed by atoms with E-state index in [0.29, 0.717) is 10.1 Å². The van der Waals surface area contributed by atoms with Gasteiger partial charge in [0, 0.05) is 11.6 Å². The standard InChI is InChI=1S/C17H12F2N2OS/c1-10-4-2-3-5-14(10)20-17-21-16(22)15(23-17)8-11-6-7-12(18)9-13(11)19/h2-9H,1H3,(H,20,21,22). The maximum Gasteiger partial charge on any atom is 0.264 e. The molecule has 1 N–H and O–H groups in total. The van der Waals surface area contributed by atoms with Crippen LogP contribution in [0.2, 0.25) is 0 Å². The third kappa shape index (κ3) is 3.48. The fraction of sp³-hybridized carbons (Fsp3) is 0.0588. The van der Waals surface area contributed by atoms with E-state index in [-0.39, 0.29) is 11.5 Å². The minimum atomic E-state index is -0.713. The third-order valence-corrected chi connectivity index (χ3v) is 4.15. The molecule has 2 aromatic carbocycles. The Morgan fingerprint density at radius 1 is 1.17 bits per heavy atom. The lowest BCUT2D eigenvalue weighted by atomic mass is 10.2. The molecular formula is C17H12F2N2OS. The van der Waals surface area contributed by atoms with Crippen LogP contribution in [0.4, 0.5) is 14.5 Å². The van der Waals surface area contributed by atoms with Crippen LogP contribution in [0.5, 0.6) is 0 Å². The Bertz CT molecular complexity index is 846. The summed E-state index contributed by atoms with van der Waals surface area (Å²) in [6, 6.07) is 10.8. The number of hydrogen-bond donors (Lipinski definition) is 1. The number of halogens is 2. The Hall–Kier alpha value is -2.47. The summed E-state index contributed by atoms with van der Waals surface area (Å²) in [6.07, 6.45) is 1.38. The molecule has 2 aromatic rings. The van der Waals surface area contributed by atoms with Crippen LogP contribution in [-0.4, -0.2) is 11.1 Å². The topological polar surface area (TPSA) is 41.5 Å². The summed E-state index contributed by atoms with van der Waals surface area (Å²) < 4.78 is 26.6. The van der Waals surface area contributed by atoms with Gasteiger partial charge in [0.15, 0.2) is 5.17 Å². The Kier molecular flexibility index (Phi) is 4.25. The predicted molar refractivity (Wildman–Crippen MR) is 88.3 cm³/mol. The average molecular weight is 330 g/mol. The number of carbonyl (C=O) groups is 1. The van der Waals surface area contributed by atoms with Gasteiger partial charge in [0.05, 0.1) is 10.6 Å². The van der Waals surface area contributed by atoms with Crippen LogP contribution in [0.3, 0.4) is 0 Å². The number of rotatable bonds is 2. The highest BCUT2D eigenvalue weighted by Gasteiger charge is 2.24. The number of para-hydroxylation sites is 1. The van der Waals surface area contributed by atoms with Crippen LogP contribution >= 0.6 is 11.8 Å². The zero-order chi connectivity index (χ0) is 16.4. The maximum absolute atomic E-state index is 13.7. The van der Waals surface area contributed by atoms with Gasteiger partial charge < -0.3 is 5.32 Å². The predicted octanol–water partition coefficient (Wildman–Crippen LogP) is 4.16. The molecule has 23 heavy (non-hydrogen) atoms. The molecule has 1 fully saturated rings. The second-order valence-corrected chi connectivity index (χ2v) is 5.96. The van der Waals surface area contributed by atoms with Crippen molar-refractivity contribution in [1.29, 1.82) is 0 Å².